The van der Waals surface area contributed by atoms with Crippen molar-refractivity contribution in [2.75, 3.05) is 32.1 Å². The third-order valence-corrected chi connectivity index (χ3v) is 8.62. The molecular weight excluding hydrogens is 617 g/mol. The molecule has 11 nitrogen and oxygen atoms in total. The van der Waals surface area contributed by atoms with Gasteiger partial charge in [0.2, 0.25) is 11.8 Å². The Morgan fingerprint density at radius 3 is 2.40 bits per heavy atom. The third-order valence-electron chi connectivity index (χ3n) is 8.62. The molecular formula is C36H42FN5O6. The number of ether oxygens (including phenoxy) is 2. The van der Waals surface area contributed by atoms with E-state index in [4.69, 9.17) is 9.47 Å². The summed E-state index contributed by atoms with van der Waals surface area (Å²) in [4.78, 5) is 62.3. The van der Waals surface area contributed by atoms with E-state index in [-0.39, 0.29) is 24.7 Å². The summed E-state index contributed by atoms with van der Waals surface area (Å²) in [5.74, 6) is -1.02. The number of anilines is 1. The number of rotatable bonds is 8. The van der Waals surface area contributed by atoms with Gasteiger partial charge in [-0.2, -0.15) is 0 Å². The average Bonchev–Trinajstić information content (AvgIpc) is 3.07. The van der Waals surface area contributed by atoms with Crippen LogP contribution in [0.3, 0.4) is 0 Å². The van der Waals surface area contributed by atoms with Crippen LogP contribution in [0.15, 0.2) is 66.9 Å². The van der Waals surface area contributed by atoms with E-state index in [0.29, 0.717) is 36.6 Å². The maximum absolute atomic E-state index is 13.7. The molecule has 1 unspecified atom stereocenters. The number of hydrogen-bond acceptors (Lipinski definition) is 7. The van der Waals surface area contributed by atoms with Crippen LogP contribution in [0, 0.1) is 11.7 Å². The van der Waals surface area contributed by atoms with Gasteiger partial charge in [-0.15, -0.1) is 0 Å². The number of methoxy groups -OCH3 is 1. The van der Waals surface area contributed by atoms with Gasteiger partial charge >= 0.3 is 12.1 Å². The molecule has 3 aromatic rings. The molecule has 0 saturated carbocycles. The average molecular weight is 660 g/mol. The molecule has 2 saturated heterocycles. The summed E-state index contributed by atoms with van der Waals surface area (Å²) < 4.78 is 24.4. The van der Waals surface area contributed by atoms with Crippen LogP contribution in [-0.2, 0) is 27.3 Å². The van der Waals surface area contributed by atoms with Crippen LogP contribution in [-0.4, -0.2) is 77.6 Å². The lowest BCUT2D eigenvalue weighted by molar-refractivity contribution is -0.158. The van der Waals surface area contributed by atoms with E-state index < -0.39 is 41.5 Å². The van der Waals surface area contributed by atoms with E-state index in [1.165, 1.54) is 24.1 Å². The van der Waals surface area contributed by atoms with Gasteiger partial charge in [-0.3, -0.25) is 19.4 Å². The Balaban J connectivity index is 1.34. The Morgan fingerprint density at radius 2 is 1.75 bits per heavy atom. The number of nitrogens with one attached hydrogen (secondary N) is 1. The molecule has 3 atom stereocenters. The second-order valence-electron chi connectivity index (χ2n) is 13.1. The largest absolute Gasteiger partial charge is 0.497 e. The number of aromatic nitrogens is 1. The van der Waals surface area contributed by atoms with Crippen LogP contribution in [0.25, 0.3) is 0 Å². The second kappa shape index (κ2) is 14.4. The number of likely N-dealkylation sites (N-methyl/N-ethyl adjacent to an activating group) is 1. The zero-order chi connectivity index (χ0) is 34.6. The van der Waals surface area contributed by atoms with Gasteiger partial charge in [0.05, 0.1) is 19.6 Å². The minimum absolute atomic E-state index is 0.00463. The topological polar surface area (TPSA) is 121 Å². The van der Waals surface area contributed by atoms with E-state index in [0.717, 1.165) is 22.4 Å². The molecule has 0 radical (unpaired) electrons. The van der Waals surface area contributed by atoms with Crippen LogP contribution >= 0.6 is 0 Å². The molecule has 2 fully saturated rings. The molecule has 1 aromatic heterocycles. The van der Waals surface area contributed by atoms with Gasteiger partial charge in [0, 0.05) is 32.3 Å². The smallest absolute Gasteiger partial charge is 0.416 e. The van der Waals surface area contributed by atoms with Gasteiger partial charge in [0.1, 0.15) is 29.0 Å². The molecule has 0 spiro atoms. The highest BCUT2D eigenvalue weighted by molar-refractivity contribution is 6.09. The molecule has 5 amide bonds. The van der Waals surface area contributed by atoms with Crippen molar-refractivity contribution in [2.24, 2.45) is 5.92 Å². The number of hydrogen-bond donors (Lipinski definition) is 1. The summed E-state index contributed by atoms with van der Waals surface area (Å²) >= 11 is 0. The van der Waals surface area contributed by atoms with E-state index in [1.807, 2.05) is 12.1 Å². The molecule has 0 bridgehead atoms. The van der Waals surface area contributed by atoms with Gasteiger partial charge in [0.15, 0.2) is 0 Å². The molecule has 0 aliphatic carbocycles. The number of urea groups is 1. The van der Waals surface area contributed by atoms with Gasteiger partial charge in [-0.05, 0) is 93.1 Å². The first-order chi connectivity index (χ1) is 22.9. The highest BCUT2D eigenvalue weighted by atomic mass is 19.1. The highest BCUT2D eigenvalue weighted by Gasteiger charge is 2.55. The van der Waals surface area contributed by atoms with Gasteiger partial charge in [-0.1, -0.05) is 24.3 Å². The van der Waals surface area contributed by atoms with Crippen LogP contribution in [0.5, 0.6) is 5.75 Å². The fourth-order valence-electron chi connectivity index (χ4n) is 6.18. The number of halogens is 1. The minimum atomic E-state index is -1.00. The molecule has 12 heteroatoms. The third kappa shape index (κ3) is 7.75. The van der Waals surface area contributed by atoms with E-state index >= 15 is 0 Å². The summed E-state index contributed by atoms with van der Waals surface area (Å²) in [6.45, 7) is 6.31. The number of nitrogens with zero attached hydrogens (tertiary/aromatic N) is 4. The van der Waals surface area contributed by atoms with Crippen molar-refractivity contribution in [3.05, 3.63) is 89.4 Å². The molecule has 2 aliphatic heterocycles. The molecule has 1 N–H and O–H groups in total. The Hall–Kier alpha value is -5.00. The van der Waals surface area contributed by atoms with Crippen molar-refractivity contribution < 1.29 is 33.0 Å². The number of benzene rings is 2. The molecule has 2 aromatic carbocycles. The Morgan fingerprint density at radius 1 is 1.04 bits per heavy atom. The summed E-state index contributed by atoms with van der Waals surface area (Å²) in [7, 11) is 3.05. The molecule has 2 aliphatic rings. The Kier molecular flexibility index (Phi) is 10.3. The quantitative estimate of drug-likeness (QED) is 0.327. The van der Waals surface area contributed by atoms with Crippen molar-refractivity contribution in [2.45, 2.75) is 64.1 Å². The van der Waals surface area contributed by atoms with Crippen LogP contribution in [0.2, 0.25) is 0 Å². The number of imide groups is 1. The molecule has 5 rings (SSSR count). The van der Waals surface area contributed by atoms with Gasteiger partial charge < -0.3 is 19.7 Å². The standard InChI is InChI=1S/C36H42FN5O6/c1-36(2,3)48-35(46)41(21-23-8-14-28(47-5)15-9-23)30-20-24(16-17-39-30)19-29-31(32(43)38-4)42(33(29)44)34(45)40-18-6-7-26(22-40)25-10-12-27(37)13-11-25/h8-17,20,26,29,31H,6-7,18-19,21-22H2,1-5H3,(H,38,43)/t26?,29-,31+/m1/s1. The predicted molar refractivity (Wildman–Crippen MR) is 177 cm³/mol. The van der Waals surface area contributed by atoms with E-state index in [2.05, 4.69) is 10.3 Å². The number of pyridine rings is 1. The number of likely N-dealkylation sites (tertiary alicyclic amines) is 2. The number of carbonyl (C=O) groups excluding carboxylic acids is 4. The van der Waals surface area contributed by atoms with E-state index in [9.17, 15) is 23.6 Å². The minimum Gasteiger partial charge on any atom is -0.497 e. The zero-order valence-corrected chi connectivity index (χ0v) is 27.9. The first-order valence-corrected chi connectivity index (χ1v) is 16.1. The van der Waals surface area contributed by atoms with E-state index in [1.54, 1.807) is 75.4 Å². The van der Waals surface area contributed by atoms with Gasteiger partial charge in [0.25, 0.3) is 0 Å². The lowest BCUT2D eigenvalue weighted by Gasteiger charge is -2.47. The number of carbonyl (C=O) groups is 4. The Bertz CT molecular complexity index is 1640. The SMILES string of the molecule is CNC(=O)[C@@H]1[C@@H](Cc2ccnc(N(Cc3ccc(OC)cc3)C(=O)OC(C)(C)C)c2)C(=O)N1C(=O)N1CCCC(c2ccc(F)cc2)C1. The lowest BCUT2D eigenvalue weighted by Crippen LogP contribution is -2.70. The van der Waals surface area contributed by atoms with Crippen molar-refractivity contribution >= 4 is 29.8 Å². The normalized spacial score (nSPS) is 19.3. The predicted octanol–water partition coefficient (Wildman–Crippen LogP) is 5.29. The summed E-state index contributed by atoms with van der Waals surface area (Å²) in [6.07, 6.45) is 2.64. The van der Waals surface area contributed by atoms with Crippen LogP contribution < -0.4 is 15.0 Å². The molecule has 48 heavy (non-hydrogen) atoms. The summed E-state index contributed by atoms with van der Waals surface area (Å²) in [6, 6.07) is 15.4. The maximum atomic E-state index is 13.7. The molecule has 254 valence electrons. The van der Waals surface area contributed by atoms with Crippen molar-refractivity contribution in [1.29, 1.82) is 0 Å². The van der Waals surface area contributed by atoms with Crippen molar-refractivity contribution in [3.63, 3.8) is 0 Å². The fourth-order valence-corrected chi connectivity index (χ4v) is 6.18. The fraction of sp³-hybridized carbons (Fsp3) is 0.417. The molecule has 3 heterocycles. The van der Waals surface area contributed by atoms with Crippen LogP contribution in [0.4, 0.5) is 19.8 Å². The number of β-lactam (4-membered cyclic amide) rings is 1. The lowest BCUT2D eigenvalue weighted by atomic mass is 9.82. The van der Waals surface area contributed by atoms with Gasteiger partial charge in [-0.25, -0.2) is 19.0 Å². The second-order valence-corrected chi connectivity index (χ2v) is 13.1. The van der Waals surface area contributed by atoms with Crippen LogP contribution in [0.1, 0.15) is 56.2 Å². The summed E-state index contributed by atoms with van der Waals surface area (Å²) in [5, 5.41) is 2.60. The summed E-state index contributed by atoms with van der Waals surface area (Å²) in [5.41, 5.74) is 1.65. The first kappa shape index (κ1) is 34.3. The number of amides is 5. The number of piperidine rings is 1. The highest BCUT2D eigenvalue weighted by Crippen LogP contribution is 2.35. The Labute approximate surface area is 280 Å². The maximum Gasteiger partial charge on any atom is 0.416 e. The zero-order valence-electron chi connectivity index (χ0n) is 27.9. The van der Waals surface area contributed by atoms with Crippen molar-refractivity contribution in [1.82, 2.24) is 20.1 Å². The van der Waals surface area contributed by atoms with Crippen molar-refractivity contribution in [3.8, 4) is 5.75 Å². The first-order valence-electron chi connectivity index (χ1n) is 16.1. The monoisotopic (exact) mass is 659 g/mol.